The van der Waals surface area contributed by atoms with E-state index in [1.807, 2.05) is 0 Å². The molecule has 2 nitrogen and oxygen atoms in total. The molecule has 138 valence electrons. The summed E-state index contributed by atoms with van der Waals surface area (Å²) >= 11 is 0.781. The molecule has 0 aliphatic rings. The zero-order valence-corrected chi connectivity index (χ0v) is 11.2. The van der Waals surface area contributed by atoms with Gasteiger partial charge >= 0.3 is 35.3 Å². The van der Waals surface area contributed by atoms with E-state index in [2.05, 4.69) is 0 Å². The molecule has 0 bridgehead atoms. The van der Waals surface area contributed by atoms with Gasteiger partial charge in [-0.15, -0.1) is 0 Å². The number of hydrogen-bond acceptors (Lipinski definition) is 2. The highest BCUT2D eigenvalue weighted by atomic mass is 79.9. The van der Waals surface area contributed by atoms with Gasteiger partial charge in [-0.3, -0.25) is 0 Å². The maximum absolute atomic E-state index is 12.6. The molecule has 0 atom stereocenters. The van der Waals surface area contributed by atoms with Gasteiger partial charge in [-0.25, -0.2) is 9.47 Å². The average molecular weight is 443 g/mol. The first-order valence-corrected chi connectivity index (χ1v) is 5.26. The van der Waals surface area contributed by atoms with Gasteiger partial charge in [0.2, 0.25) is 0 Å². The van der Waals surface area contributed by atoms with E-state index in [4.69, 9.17) is 0 Å². The molecule has 0 unspecified atom stereocenters. The summed E-state index contributed by atoms with van der Waals surface area (Å²) < 4.78 is 163. The van der Waals surface area contributed by atoms with Crippen LogP contribution in [0.2, 0.25) is 0 Å². The summed E-state index contributed by atoms with van der Waals surface area (Å²) in [5.74, 6) is -4.05. The Morgan fingerprint density at radius 1 is 0.609 bits per heavy atom. The van der Waals surface area contributed by atoms with E-state index in [1.54, 1.807) is 9.47 Å². The van der Waals surface area contributed by atoms with Gasteiger partial charge in [0, 0.05) is 15.9 Å². The van der Waals surface area contributed by atoms with Crippen LogP contribution in [0.5, 0.6) is 0 Å². The summed E-state index contributed by atoms with van der Waals surface area (Å²) in [6.45, 7) is 0. The smallest absolute Gasteiger partial charge is 0.242 e. The van der Waals surface area contributed by atoms with Crippen LogP contribution in [-0.4, -0.2) is 29.3 Å². The molecule has 0 rings (SSSR count). The van der Waals surface area contributed by atoms with Crippen LogP contribution >= 0.6 is 15.9 Å². The predicted molar refractivity (Wildman–Crippen MR) is 46.2 cm³/mol. The first kappa shape index (κ1) is 22.2. The second-order valence-corrected chi connectivity index (χ2v) is 4.34. The largest absolute Gasteiger partial charge is 0.453 e. The van der Waals surface area contributed by atoms with Gasteiger partial charge in [0.25, 0.3) is 5.83 Å². The average Bonchev–Trinajstić information content (AvgIpc) is 2.22. The van der Waals surface area contributed by atoms with Gasteiger partial charge in [-0.05, 0) is 0 Å². The quantitative estimate of drug-likeness (QED) is 0.385. The minimum Gasteiger partial charge on any atom is -0.242 e. The van der Waals surface area contributed by atoms with Crippen LogP contribution < -0.4 is 0 Å². The summed E-state index contributed by atoms with van der Waals surface area (Å²) in [6, 6.07) is 0. The molecular weight excluding hydrogens is 443 g/mol. The molecule has 0 aromatic carbocycles. The number of ether oxygens (including phenoxy) is 2. The molecule has 0 spiro atoms. The van der Waals surface area contributed by atoms with Crippen LogP contribution in [0, 0.1) is 0 Å². The minimum absolute atomic E-state index is 0.781. The fraction of sp³-hybridized carbons (Fsp3) is 0.714. The Bertz CT molecular complexity index is 463. The van der Waals surface area contributed by atoms with Crippen LogP contribution in [-0.2, 0) is 9.47 Å². The van der Waals surface area contributed by atoms with E-state index >= 15 is 0 Å². The summed E-state index contributed by atoms with van der Waals surface area (Å²) in [7, 11) is 0. The van der Waals surface area contributed by atoms with Gasteiger partial charge in [-0.2, -0.15) is 57.1 Å². The third-order valence-corrected chi connectivity index (χ3v) is 2.06. The van der Waals surface area contributed by atoms with E-state index in [9.17, 15) is 57.1 Å². The van der Waals surface area contributed by atoms with Crippen molar-refractivity contribution in [3.8, 4) is 0 Å². The van der Waals surface area contributed by atoms with Gasteiger partial charge in [0.15, 0.2) is 0 Å². The summed E-state index contributed by atoms with van der Waals surface area (Å²) in [5.41, 5.74) is 0. The van der Waals surface area contributed by atoms with Crippen LogP contribution in [0.15, 0.2) is 11.9 Å². The van der Waals surface area contributed by atoms with Crippen molar-refractivity contribution in [2.24, 2.45) is 0 Å². The normalized spacial score (nSPS) is 14.9. The monoisotopic (exact) mass is 442 g/mol. The molecule has 0 saturated carbocycles. The molecule has 0 fully saturated rings. The lowest BCUT2D eigenvalue weighted by atomic mass is 10.5. The predicted octanol–water partition coefficient (Wildman–Crippen LogP) is 5.46. The molecule has 0 heterocycles. The third kappa shape index (κ3) is 5.10. The maximum Gasteiger partial charge on any atom is 0.453 e. The zero-order valence-electron chi connectivity index (χ0n) is 9.61. The molecule has 23 heavy (non-hydrogen) atoms. The Balaban J connectivity index is 5.54. The van der Waals surface area contributed by atoms with E-state index < -0.39 is 41.2 Å². The Labute approximate surface area is 124 Å². The van der Waals surface area contributed by atoms with Crippen molar-refractivity contribution in [2.45, 2.75) is 29.3 Å². The highest BCUT2D eigenvalue weighted by Gasteiger charge is 2.72. The van der Waals surface area contributed by atoms with Gasteiger partial charge in [0.05, 0.1) is 0 Å². The molecule has 0 aromatic heterocycles. The molecule has 16 heteroatoms. The van der Waals surface area contributed by atoms with Crippen LogP contribution in [0.1, 0.15) is 0 Å². The van der Waals surface area contributed by atoms with E-state index in [0.29, 0.717) is 0 Å². The second-order valence-electron chi connectivity index (χ2n) is 3.34. The van der Waals surface area contributed by atoms with Crippen molar-refractivity contribution in [3.63, 3.8) is 0 Å². The second kappa shape index (κ2) is 6.27. The van der Waals surface area contributed by atoms with Crippen molar-refractivity contribution in [2.75, 3.05) is 0 Å². The topological polar surface area (TPSA) is 18.5 Å². The Morgan fingerprint density at radius 3 is 1.26 bits per heavy atom. The van der Waals surface area contributed by atoms with Crippen molar-refractivity contribution in [1.82, 2.24) is 0 Å². The van der Waals surface area contributed by atoms with Gasteiger partial charge in [-0.1, -0.05) is 0 Å². The Hall–Kier alpha value is -0.770. The highest BCUT2D eigenvalue weighted by molar-refractivity contribution is 9.10. The number of hydrogen-bond donors (Lipinski definition) is 0. The molecular formula is C7BrF13O2. The van der Waals surface area contributed by atoms with Crippen molar-refractivity contribution >= 4 is 15.9 Å². The number of halogens is 14. The molecule has 0 aromatic rings. The molecule has 0 saturated heterocycles. The summed E-state index contributed by atoms with van der Waals surface area (Å²) in [4.78, 5) is -5.67. The highest BCUT2D eigenvalue weighted by Crippen LogP contribution is 2.49. The molecule has 0 N–H and O–H groups in total. The van der Waals surface area contributed by atoms with Crippen LogP contribution in [0.3, 0.4) is 0 Å². The van der Waals surface area contributed by atoms with Gasteiger partial charge in [0.1, 0.15) is 0 Å². The van der Waals surface area contributed by atoms with Gasteiger partial charge < -0.3 is 0 Å². The first-order valence-electron chi connectivity index (χ1n) is 4.46. The lowest BCUT2D eigenvalue weighted by molar-refractivity contribution is -0.519. The summed E-state index contributed by atoms with van der Waals surface area (Å²) in [5, 5.41) is 0. The Morgan fingerprint density at radius 2 is 0.957 bits per heavy atom. The molecule has 0 radical (unpaired) electrons. The maximum atomic E-state index is 12.6. The molecule has 0 amide bonds. The van der Waals surface area contributed by atoms with E-state index in [0.717, 1.165) is 15.9 Å². The van der Waals surface area contributed by atoms with Crippen molar-refractivity contribution in [1.29, 1.82) is 0 Å². The minimum atomic E-state index is -6.93. The fourth-order valence-electron chi connectivity index (χ4n) is 0.653. The molecule has 0 aliphatic carbocycles. The fourth-order valence-corrected chi connectivity index (χ4v) is 0.734. The lowest BCUT2D eigenvalue weighted by Crippen LogP contribution is -2.54. The van der Waals surface area contributed by atoms with E-state index in [-0.39, 0.29) is 0 Å². The van der Waals surface area contributed by atoms with Crippen molar-refractivity contribution < 1.29 is 66.5 Å². The first-order chi connectivity index (χ1) is 9.77. The van der Waals surface area contributed by atoms with Crippen LogP contribution in [0.4, 0.5) is 57.1 Å². The standard InChI is InChI=1S/C7BrF13O2/c8-4(14,15)5(16,17)23-7(20,21)6(18,19)22-3(12,13)1(9)2(10)11. The molecule has 0 aliphatic heterocycles. The Kier molecular flexibility index (Phi) is 6.06. The zero-order chi connectivity index (χ0) is 19.1. The number of alkyl halides is 11. The SMILES string of the molecule is FC(F)=C(F)C(F)(F)OC(F)(F)C(F)(F)OC(F)(F)C(F)(F)Br. The number of rotatable bonds is 7. The van der Waals surface area contributed by atoms with Crippen LogP contribution in [0.25, 0.3) is 0 Å². The van der Waals surface area contributed by atoms with Crippen molar-refractivity contribution in [3.05, 3.63) is 11.9 Å². The lowest BCUT2D eigenvalue weighted by Gasteiger charge is -2.31. The third-order valence-electron chi connectivity index (χ3n) is 1.60. The summed E-state index contributed by atoms with van der Waals surface area (Å²) in [6.07, 6.45) is -30.6. The van der Waals surface area contributed by atoms with E-state index in [1.165, 1.54) is 0 Å².